The molecule has 0 fully saturated rings. The third kappa shape index (κ3) is 5.16. The molecule has 3 rings (SSSR count). The third-order valence-corrected chi connectivity index (χ3v) is 4.08. The van der Waals surface area contributed by atoms with Gasteiger partial charge in [-0.15, -0.1) is 0 Å². The van der Waals surface area contributed by atoms with Gasteiger partial charge in [0.25, 0.3) is 5.91 Å². The Balaban J connectivity index is 1.81. The summed E-state index contributed by atoms with van der Waals surface area (Å²) in [6.07, 6.45) is 3.96. The van der Waals surface area contributed by atoms with Gasteiger partial charge in [-0.2, -0.15) is 14.9 Å². The molecule has 1 N–H and O–H groups in total. The molecule has 1 aromatic carbocycles. The van der Waals surface area contributed by atoms with Crippen molar-refractivity contribution < 1.29 is 23.9 Å². The van der Waals surface area contributed by atoms with E-state index in [0.717, 1.165) is 4.68 Å². The molecule has 10 heteroatoms. The smallest absolute Gasteiger partial charge is 0.435 e. The monoisotopic (exact) mass is 425 g/mol. The first kappa shape index (κ1) is 21.8. The highest BCUT2D eigenvalue weighted by molar-refractivity contribution is 6.07. The number of rotatable bonds is 4. The Hall–Kier alpha value is -3.95. The van der Waals surface area contributed by atoms with Crippen molar-refractivity contribution in [2.24, 2.45) is 7.05 Å². The fraction of sp³-hybridized carbons (Fsp3) is 0.286. The maximum atomic E-state index is 12.7. The summed E-state index contributed by atoms with van der Waals surface area (Å²) in [5.74, 6) is -1.08. The first-order valence-electron chi connectivity index (χ1n) is 9.39. The average Bonchev–Trinajstić information content (AvgIpc) is 3.33. The molecule has 0 aliphatic carbocycles. The quantitative estimate of drug-likeness (QED) is 0.638. The summed E-state index contributed by atoms with van der Waals surface area (Å²) in [6, 6.07) is 6.78. The number of amides is 1. The second-order valence-corrected chi connectivity index (χ2v) is 7.75. The molecule has 0 aliphatic heterocycles. The molecule has 3 aromatic rings. The molecule has 2 aromatic heterocycles. The van der Waals surface area contributed by atoms with E-state index in [9.17, 15) is 14.4 Å². The van der Waals surface area contributed by atoms with Gasteiger partial charge in [-0.1, -0.05) is 12.1 Å². The van der Waals surface area contributed by atoms with Crippen LogP contribution in [0.5, 0.6) is 0 Å². The molecular formula is C21H23N5O5. The number of hydrogen-bond acceptors (Lipinski definition) is 7. The van der Waals surface area contributed by atoms with Crippen molar-refractivity contribution >= 4 is 23.7 Å². The van der Waals surface area contributed by atoms with Crippen molar-refractivity contribution in [3.63, 3.8) is 0 Å². The number of carbonyl (C=O) groups excluding carboxylic acids is 3. The third-order valence-electron chi connectivity index (χ3n) is 4.08. The molecule has 0 saturated carbocycles. The fourth-order valence-electron chi connectivity index (χ4n) is 2.74. The van der Waals surface area contributed by atoms with Crippen LogP contribution in [-0.2, 0) is 16.5 Å². The molecule has 0 spiro atoms. The minimum atomic E-state index is -0.654. The molecule has 31 heavy (non-hydrogen) atoms. The maximum Gasteiger partial charge on any atom is 0.435 e. The zero-order valence-corrected chi connectivity index (χ0v) is 17.9. The molecule has 0 radical (unpaired) electrons. The van der Waals surface area contributed by atoms with Gasteiger partial charge in [0.1, 0.15) is 5.60 Å². The van der Waals surface area contributed by atoms with Crippen molar-refractivity contribution in [3.8, 4) is 11.1 Å². The van der Waals surface area contributed by atoms with Crippen LogP contribution in [0.1, 0.15) is 41.6 Å². The summed E-state index contributed by atoms with van der Waals surface area (Å²) in [7, 11) is 2.87. The van der Waals surface area contributed by atoms with Gasteiger partial charge >= 0.3 is 12.1 Å². The van der Waals surface area contributed by atoms with E-state index in [-0.39, 0.29) is 11.4 Å². The van der Waals surface area contributed by atoms with Crippen LogP contribution in [0, 0.1) is 0 Å². The van der Waals surface area contributed by atoms with E-state index in [4.69, 9.17) is 9.47 Å². The van der Waals surface area contributed by atoms with Crippen molar-refractivity contribution in [3.05, 3.63) is 54.1 Å². The molecule has 1 amide bonds. The summed E-state index contributed by atoms with van der Waals surface area (Å²) >= 11 is 0. The number of nitrogens with one attached hydrogen (secondary N) is 1. The van der Waals surface area contributed by atoms with Crippen LogP contribution in [0.3, 0.4) is 0 Å². The van der Waals surface area contributed by atoms with Crippen LogP contribution >= 0.6 is 0 Å². The standard InChI is InChI=1S/C21H23N5O5/c1-21(2,3)31-20(29)26-11-15(10-22-26)13-7-6-8-14(9-13)18(27)23-16-12-25(4)24-17(16)19(28)30-5/h6-12H,1-5H3,(H,23,27). The predicted octanol–water partition coefficient (Wildman–Crippen LogP) is 3.11. The van der Waals surface area contributed by atoms with Gasteiger partial charge in [0.15, 0.2) is 5.69 Å². The predicted molar refractivity (Wildman–Crippen MR) is 112 cm³/mol. The second-order valence-electron chi connectivity index (χ2n) is 7.75. The summed E-state index contributed by atoms with van der Waals surface area (Å²) < 4.78 is 12.5. The summed E-state index contributed by atoms with van der Waals surface area (Å²) in [4.78, 5) is 36.8. The minimum absolute atomic E-state index is 0.00754. The number of ether oxygens (including phenoxy) is 2. The molecule has 0 saturated heterocycles. The SMILES string of the molecule is COC(=O)c1nn(C)cc1NC(=O)c1cccc(-c2cnn(C(=O)OC(C)(C)C)c2)c1. The number of benzene rings is 1. The van der Waals surface area contributed by atoms with E-state index >= 15 is 0 Å². The lowest BCUT2D eigenvalue weighted by Crippen LogP contribution is -2.27. The van der Waals surface area contributed by atoms with E-state index < -0.39 is 23.6 Å². The lowest BCUT2D eigenvalue weighted by molar-refractivity contribution is 0.0513. The van der Waals surface area contributed by atoms with E-state index in [1.807, 2.05) is 0 Å². The van der Waals surface area contributed by atoms with Crippen LogP contribution in [-0.4, -0.2) is 50.2 Å². The average molecular weight is 425 g/mol. The Labute approximate surface area is 178 Å². The minimum Gasteiger partial charge on any atom is -0.464 e. The van der Waals surface area contributed by atoms with E-state index in [0.29, 0.717) is 16.7 Å². The van der Waals surface area contributed by atoms with E-state index in [2.05, 4.69) is 15.5 Å². The maximum absolute atomic E-state index is 12.7. The van der Waals surface area contributed by atoms with Crippen molar-refractivity contribution in [1.82, 2.24) is 19.6 Å². The van der Waals surface area contributed by atoms with Gasteiger partial charge in [-0.05, 0) is 38.5 Å². The zero-order chi connectivity index (χ0) is 22.8. The van der Waals surface area contributed by atoms with Gasteiger partial charge in [0, 0.05) is 30.6 Å². The van der Waals surface area contributed by atoms with Gasteiger partial charge in [-0.3, -0.25) is 9.48 Å². The number of aromatic nitrogens is 4. The Kier molecular flexibility index (Phi) is 5.91. The van der Waals surface area contributed by atoms with Crippen LogP contribution in [0.15, 0.2) is 42.9 Å². The summed E-state index contributed by atoms with van der Waals surface area (Å²) in [6.45, 7) is 5.31. The lowest BCUT2D eigenvalue weighted by Gasteiger charge is -2.18. The number of methoxy groups -OCH3 is 1. The first-order valence-corrected chi connectivity index (χ1v) is 9.39. The van der Waals surface area contributed by atoms with Crippen LogP contribution < -0.4 is 5.32 Å². The Morgan fingerprint density at radius 2 is 1.84 bits per heavy atom. The van der Waals surface area contributed by atoms with Gasteiger partial charge < -0.3 is 14.8 Å². The Bertz CT molecular complexity index is 1140. The van der Waals surface area contributed by atoms with Crippen molar-refractivity contribution in [1.29, 1.82) is 0 Å². The van der Waals surface area contributed by atoms with Crippen molar-refractivity contribution in [2.75, 3.05) is 12.4 Å². The van der Waals surface area contributed by atoms with Crippen LogP contribution in [0.2, 0.25) is 0 Å². The molecule has 162 valence electrons. The molecular weight excluding hydrogens is 402 g/mol. The van der Waals surface area contributed by atoms with E-state index in [1.165, 1.54) is 30.4 Å². The normalized spacial score (nSPS) is 11.1. The van der Waals surface area contributed by atoms with Gasteiger partial charge in [-0.25, -0.2) is 9.59 Å². The molecule has 10 nitrogen and oxygen atoms in total. The number of hydrogen-bond donors (Lipinski definition) is 1. The zero-order valence-electron chi connectivity index (χ0n) is 17.9. The van der Waals surface area contributed by atoms with E-state index in [1.54, 1.807) is 52.1 Å². The number of aryl methyl sites for hydroxylation is 1. The highest BCUT2D eigenvalue weighted by atomic mass is 16.6. The molecule has 0 unspecified atom stereocenters. The second kappa shape index (κ2) is 8.42. The first-order chi connectivity index (χ1) is 14.6. The number of esters is 1. The lowest BCUT2D eigenvalue weighted by atomic mass is 10.1. The van der Waals surface area contributed by atoms with Crippen LogP contribution in [0.4, 0.5) is 10.5 Å². The summed E-state index contributed by atoms with van der Waals surface area (Å²) in [5.41, 5.74) is 1.27. The topological polar surface area (TPSA) is 117 Å². The number of anilines is 1. The number of carbonyl (C=O) groups is 3. The Morgan fingerprint density at radius 3 is 2.52 bits per heavy atom. The van der Waals surface area contributed by atoms with Crippen LogP contribution in [0.25, 0.3) is 11.1 Å². The van der Waals surface area contributed by atoms with Gasteiger partial charge in [0.2, 0.25) is 0 Å². The molecule has 0 aliphatic rings. The molecule has 0 bridgehead atoms. The summed E-state index contributed by atoms with van der Waals surface area (Å²) in [5, 5.41) is 10.7. The highest BCUT2D eigenvalue weighted by Gasteiger charge is 2.20. The Morgan fingerprint density at radius 1 is 1.10 bits per heavy atom. The number of nitrogens with zero attached hydrogens (tertiary/aromatic N) is 4. The van der Waals surface area contributed by atoms with Gasteiger partial charge in [0.05, 0.1) is 19.0 Å². The highest BCUT2D eigenvalue weighted by Crippen LogP contribution is 2.22. The largest absolute Gasteiger partial charge is 0.464 e. The molecule has 0 atom stereocenters. The fourth-order valence-corrected chi connectivity index (χ4v) is 2.74. The molecule has 2 heterocycles. The van der Waals surface area contributed by atoms with Crippen molar-refractivity contribution in [2.45, 2.75) is 26.4 Å².